The Morgan fingerprint density at radius 3 is 2.33 bits per heavy atom. The van der Waals surface area contributed by atoms with Gasteiger partial charge in [-0.05, 0) is 62.2 Å². The number of urea groups is 1. The normalized spacial score (nSPS) is 13.7. The molecule has 6 heteroatoms. The maximum atomic E-state index is 13.1. The van der Waals surface area contributed by atoms with Crippen molar-refractivity contribution in [1.82, 2.24) is 4.90 Å². The molecule has 1 saturated heterocycles. The van der Waals surface area contributed by atoms with Crippen LogP contribution in [0.25, 0.3) is 0 Å². The van der Waals surface area contributed by atoms with E-state index in [-0.39, 0.29) is 18.5 Å². The van der Waals surface area contributed by atoms with Gasteiger partial charge in [0.05, 0.1) is 0 Å². The molecule has 1 fully saturated rings. The van der Waals surface area contributed by atoms with Crippen LogP contribution in [-0.4, -0.2) is 36.5 Å². The molecule has 0 atom stereocenters. The molecule has 3 aromatic rings. The van der Waals surface area contributed by atoms with E-state index in [2.05, 4.69) is 37.4 Å². The molecule has 0 aliphatic carbocycles. The van der Waals surface area contributed by atoms with Gasteiger partial charge in [-0.15, -0.1) is 0 Å². The second-order valence-corrected chi connectivity index (χ2v) is 8.40. The average molecular weight is 444 g/mol. The molecule has 4 rings (SSSR count). The maximum Gasteiger partial charge on any atom is 0.324 e. The Bertz CT molecular complexity index is 1090. The van der Waals surface area contributed by atoms with Gasteiger partial charge in [-0.1, -0.05) is 47.5 Å². The third-order valence-corrected chi connectivity index (χ3v) is 5.54. The number of ether oxygens (including phenoxy) is 1. The van der Waals surface area contributed by atoms with E-state index in [1.54, 1.807) is 17.0 Å². The highest BCUT2D eigenvalue weighted by Crippen LogP contribution is 2.24. The number of carbonyl (C=O) groups is 2. The zero-order valence-corrected chi connectivity index (χ0v) is 19.1. The number of hydrogen-bond donors (Lipinski definition) is 1. The maximum absolute atomic E-state index is 13.1. The summed E-state index contributed by atoms with van der Waals surface area (Å²) in [5.41, 5.74) is 5.05. The van der Waals surface area contributed by atoms with Crippen molar-refractivity contribution in [2.75, 3.05) is 29.9 Å². The van der Waals surface area contributed by atoms with Gasteiger partial charge in [0.1, 0.15) is 5.75 Å². The van der Waals surface area contributed by atoms with Gasteiger partial charge in [0.15, 0.2) is 6.61 Å². The second kappa shape index (κ2) is 10.2. The molecule has 1 heterocycles. The van der Waals surface area contributed by atoms with Crippen LogP contribution in [0.15, 0.2) is 72.8 Å². The van der Waals surface area contributed by atoms with Crippen molar-refractivity contribution in [1.29, 1.82) is 0 Å². The Morgan fingerprint density at radius 2 is 1.64 bits per heavy atom. The molecule has 0 radical (unpaired) electrons. The summed E-state index contributed by atoms with van der Waals surface area (Å²) in [6, 6.07) is 23.0. The summed E-state index contributed by atoms with van der Waals surface area (Å²) in [4.78, 5) is 29.0. The summed E-state index contributed by atoms with van der Waals surface area (Å²) in [6.07, 6.45) is 0.909. The van der Waals surface area contributed by atoms with Crippen molar-refractivity contribution in [2.45, 2.75) is 26.8 Å². The summed E-state index contributed by atoms with van der Waals surface area (Å²) >= 11 is 0. The zero-order valence-electron chi connectivity index (χ0n) is 19.1. The van der Waals surface area contributed by atoms with Crippen LogP contribution in [0.2, 0.25) is 0 Å². The van der Waals surface area contributed by atoms with Crippen LogP contribution in [0.1, 0.15) is 23.1 Å². The minimum absolute atomic E-state index is 0.00783. The van der Waals surface area contributed by atoms with Gasteiger partial charge in [-0.2, -0.15) is 0 Å². The molecule has 33 heavy (non-hydrogen) atoms. The van der Waals surface area contributed by atoms with Gasteiger partial charge in [0.2, 0.25) is 0 Å². The molecule has 1 aliphatic rings. The number of nitrogens with zero attached hydrogens (tertiary/aromatic N) is 2. The Labute approximate surface area is 194 Å². The van der Waals surface area contributed by atoms with E-state index in [0.717, 1.165) is 24.2 Å². The fraction of sp³-hybridized carbons (Fsp3) is 0.259. The molecular formula is C27H29N3O3. The van der Waals surface area contributed by atoms with E-state index in [0.29, 0.717) is 24.5 Å². The minimum Gasteiger partial charge on any atom is -0.484 e. The summed E-state index contributed by atoms with van der Waals surface area (Å²) in [5, 5.41) is 2.83. The molecule has 6 nitrogen and oxygen atoms in total. The van der Waals surface area contributed by atoms with E-state index < -0.39 is 0 Å². The fourth-order valence-electron chi connectivity index (χ4n) is 4.14. The van der Waals surface area contributed by atoms with Gasteiger partial charge >= 0.3 is 6.03 Å². The van der Waals surface area contributed by atoms with E-state index in [1.807, 2.05) is 47.4 Å². The minimum atomic E-state index is -0.236. The standard InChI is InChI=1S/C27H29N3O3/c1-20-15-21(2)17-22(16-20)18-29-13-6-14-30(27(29)32)24-11-9-23(10-12-24)28-26(31)19-33-25-7-4-3-5-8-25/h3-5,7-12,15-17H,6,13-14,18-19H2,1-2H3,(H,28,31). The first-order valence-corrected chi connectivity index (χ1v) is 11.2. The van der Waals surface area contributed by atoms with Crippen LogP contribution >= 0.6 is 0 Å². The summed E-state index contributed by atoms with van der Waals surface area (Å²) < 4.78 is 5.48. The predicted molar refractivity (Wildman–Crippen MR) is 131 cm³/mol. The van der Waals surface area contributed by atoms with Crippen LogP contribution in [0, 0.1) is 13.8 Å². The number of para-hydroxylation sites is 1. The molecule has 1 N–H and O–H groups in total. The number of benzene rings is 3. The summed E-state index contributed by atoms with van der Waals surface area (Å²) in [7, 11) is 0. The highest BCUT2D eigenvalue weighted by molar-refractivity contribution is 5.94. The number of nitrogens with one attached hydrogen (secondary N) is 1. The van der Waals surface area contributed by atoms with Crippen molar-refractivity contribution in [3.8, 4) is 5.75 Å². The van der Waals surface area contributed by atoms with Crippen molar-refractivity contribution in [2.24, 2.45) is 0 Å². The number of rotatable bonds is 7. The number of hydrogen-bond acceptors (Lipinski definition) is 3. The second-order valence-electron chi connectivity index (χ2n) is 8.40. The molecule has 3 amide bonds. The largest absolute Gasteiger partial charge is 0.484 e. The highest BCUT2D eigenvalue weighted by atomic mass is 16.5. The lowest BCUT2D eigenvalue weighted by molar-refractivity contribution is -0.118. The number of aryl methyl sites for hydroxylation is 2. The topological polar surface area (TPSA) is 61.9 Å². The fourth-order valence-corrected chi connectivity index (χ4v) is 4.14. The Kier molecular flexibility index (Phi) is 6.93. The summed E-state index contributed by atoms with van der Waals surface area (Å²) in [6.45, 7) is 6.12. The molecule has 0 bridgehead atoms. The lowest BCUT2D eigenvalue weighted by Crippen LogP contribution is -2.49. The van der Waals surface area contributed by atoms with Gasteiger partial charge < -0.3 is 15.0 Å². The Hall–Kier alpha value is -3.80. The van der Waals surface area contributed by atoms with Crippen LogP contribution in [0.5, 0.6) is 5.75 Å². The van der Waals surface area contributed by atoms with E-state index >= 15 is 0 Å². The number of anilines is 2. The van der Waals surface area contributed by atoms with Crippen LogP contribution in [-0.2, 0) is 11.3 Å². The van der Waals surface area contributed by atoms with Crippen molar-refractivity contribution in [3.63, 3.8) is 0 Å². The van der Waals surface area contributed by atoms with E-state index in [4.69, 9.17) is 4.74 Å². The summed E-state index contributed by atoms with van der Waals surface area (Å²) in [5.74, 6) is 0.414. The highest BCUT2D eigenvalue weighted by Gasteiger charge is 2.26. The van der Waals surface area contributed by atoms with Crippen molar-refractivity contribution >= 4 is 23.3 Å². The molecule has 0 aromatic heterocycles. The molecule has 170 valence electrons. The lowest BCUT2D eigenvalue weighted by atomic mass is 10.1. The first-order valence-electron chi connectivity index (χ1n) is 11.2. The smallest absolute Gasteiger partial charge is 0.324 e. The lowest BCUT2D eigenvalue weighted by Gasteiger charge is -2.36. The zero-order chi connectivity index (χ0) is 23.2. The van der Waals surface area contributed by atoms with Crippen LogP contribution < -0.4 is 15.0 Å². The van der Waals surface area contributed by atoms with Gasteiger partial charge in [-0.25, -0.2) is 4.79 Å². The average Bonchev–Trinajstić information content (AvgIpc) is 2.80. The molecule has 0 unspecified atom stereocenters. The Morgan fingerprint density at radius 1 is 0.939 bits per heavy atom. The monoisotopic (exact) mass is 443 g/mol. The number of carbonyl (C=O) groups excluding carboxylic acids is 2. The SMILES string of the molecule is Cc1cc(C)cc(CN2CCCN(c3ccc(NC(=O)COc4ccccc4)cc3)C2=O)c1. The Balaban J connectivity index is 1.35. The van der Waals surface area contributed by atoms with Crippen LogP contribution in [0.4, 0.5) is 16.2 Å². The molecule has 3 aromatic carbocycles. The molecule has 0 spiro atoms. The van der Waals surface area contributed by atoms with Crippen molar-refractivity contribution < 1.29 is 14.3 Å². The molecule has 1 aliphatic heterocycles. The number of amides is 3. The predicted octanol–water partition coefficient (Wildman–Crippen LogP) is 5.15. The third-order valence-electron chi connectivity index (χ3n) is 5.54. The van der Waals surface area contributed by atoms with Gasteiger partial charge in [0.25, 0.3) is 5.91 Å². The molecule has 0 saturated carbocycles. The van der Waals surface area contributed by atoms with E-state index in [1.165, 1.54) is 11.1 Å². The van der Waals surface area contributed by atoms with Gasteiger partial charge in [0, 0.05) is 31.0 Å². The first kappa shape index (κ1) is 22.4. The van der Waals surface area contributed by atoms with Crippen molar-refractivity contribution in [3.05, 3.63) is 89.5 Å². The third kappa shape index (κ3) is 5.92. The first-order chi connectivity index (χ1) is 16.0. The van der Waals surface area contributed by atoms with Crippen LogP contribution in [0.3, 0.4) is 0 Å². The molecular weight excluding hydrogens is 414 g/mol. The quantitative estimate of drug-likeness (QED) is 0.549. The van der Waals surface area contributed by atoms with Gasteiger partial charge in [-0.3, -0.25) is 9.69 Å². The van der Waals surface area contributed by atoms with E-state index in [9.17, 15) is 9.59 Å².